The van der Waals surface area contributed by atoms with Crippen LogP contribution in [0.2, 0.25) is 0 Å². The summed E-state index contributed by atoms with van der Waals surface area (Å²) < 4.78 is 11.6. The van der Waals surface area contributed by atoms with Gasteiger partial charge in [-0.3, -0.25) is 14.4 Å². The van der Waals surface area contributed by atoms with Gasteiger partial charge in [0.2, 0.25) is 5.91 Å². The molecule has 39 heavy (non-hydrogen) atoms. The van der Waals surface area contributed by atoms with Crippen LogP contribution in [0.25, 0.3) is 0 Å². The van der Waals surface area contributed by atoms with Crippen molar-refractivity contribution < 1.29 is 29.0 Å². The van der Waals surface area contributed by atoms with E-state index in [1.807, 2.05) is 20.8 Å². The van der Waals surface area contributed by atoms with Gasteiger partial charge in [-0.2, -0.15) is 5.26 Å². The number of methoxy groups -OCH3 is 1. The second kappa shape index (κ2) is 11.1. The number of hydrogen-bond acceptors (Lipinski definition) is 6. The van der Waals surface area contributed by atoms with Crippen molar-refractivity contribution in [1.29, 1.82) is 5.26 Å². The monoisotopic (exact) mass is 539 g/mol. The molecular formula is C30H41N3O6. The average molecular weight is 540 g/mol. The fourth-order valence-electron chi connectivity index (χ4n) is 6.44. The second-order valence-corrected chi connectivity index (χ2v) is 12.4. The van der Waals surface area contributed by atoms with Gasteiger partial charge in [0, 0.05) is 17.6 Å². The maximum absolute atomic E-state index is 13.6. The number of nitrogens with one attached hydrogen (secondary N) is 2. The van der Waals surface area contributed by atoms with Crippen LogP contribution in [0, 0.1) is 34.5 Å². The number of carbonyl (C=O) groups is 3. The van der Waals surface area contributed by atoms with Gasteiger partial charge in [0.1, 0.15) is 17.6 Å². The van der Waals surface area contributed by atoms with Gasteiger partial charge >= 0.3 is 5.97 Å². The lowest BCUT2D eigenvalue weighted by molar-refractivity contribution is -0.150. The highest BCUT2D eigenvalue weighted by molar-refractivity contribution is 5.98. The number of carboxylic acid groups (broad SMARTS) is 1. The summed E-state index contributed by atoms with van der Waals surface area (Å²) in [6.45, 7) is 7.79. The van der Waals surface area contributed by atoms with Gasteiger partial charge in [-0.15, -0.1) is 0 Å². The first-order valence-electron chi connectivity index (χ1n) is 14.1. The number of nitrogens with zero attached hydrogens (tertiary/aromatic N) is 1. The molecule has 0 spiro atoms. The number of carboxylic acids is 1. The van der Waals surface area contributed by atoms with Gasteiger partial charge in [-0.25, -0.2) is 0 Å². The van der Waals surface area contributed by atoms with Crippen LogP contribution in [0.3, 0.4) is 0 Å². The Hall–Kier alpha value is -3.28. The predicted octanol–water partition coefficient (Wildman–Crippen LogP) is 4.43. The number of hydrogen-bond donors (Lipinski definition) is 3. The smallest absolute Gasteiger partial charge is 0.309 e. The van der Waals surface area contributed by atoms with Gasteiger partial charge in [-0.05, 0) is 90.0 Å². The lowest BCUT2D eigenvalue weighted by Gasteiger charge is -2.34. The Bertz CT molecular complexity index is 1160. The van der Waals surface area contributed by atoms with E-state index < -0.39 is 11.4 Å². The van der Waals surface area contributed by atoms with Crippen molar-refractivity contribution in [2.75, 3.05) is 7.11 Å². The van der Waals surface area contributed by atoms with Crippen molar-refractivity contribution in [3.8, 4) is 17.6 Å². The summed E-state index contributed by atoms with van der Waals surface area (Å²) in [6.07, 6.45) is 5.46. The van der Waals surface area contributed by atoms with Crippen LogP contribution in [0.15, 0.2) is 12.1 Å². The van der Waals surface area contributed by atoms with E-state index in [1.165, 1.54) is 13.2 Å². The summed E-state index contributed by atoms with van der Waals surface area (Å²) in [7, 11) is 1.45. The molecule has 9 heteroatoms. The molecule has 0 saturated heterocycles. The second-order valence-electron chi connectivity index (χ2n) is 12.4. The number of nitriles is 1. The molecular weight excluding hydrogens is 498 g/mol. The van der Waals surface area contributed by atoms with Gasteiger partial charge in [0.15, 0.2) is 0 Å². The molecule has 3 aliphatic carbocycles. The molecule has 4 rings (SSSR count). The molecule has 3 fully saturated rings. The lowest BCUT2D eigenvalue weighted by Crippen LogP contribution is -2.53. The van der Waals surface area contributed by atoms with E-state index in [-0.39, 0.29) is 69.9 Å². The standard InChI is InChI=1S/C30H41N3O6/c1-6-29(2,3)33-27(35)24-17-7-8-18(13-17)25(24)32-26(34)21-15-22(19(16-31)14-23(21)38-5)39-20-9-11-30(4,12-10-20)28(36)37/h14-15,17-18,20,24-25H,6-13H2,1-5H3,(H,32,34)(H,33,35)(H,36,37). The van der Waals surface area contributed by atoms with Crippen molar-refractivity contribution in [3.63, 3.8) is 0 Å². The van der Waals surface area contributed by atoms with E-state index in [2.05, 4.69) is 16.7 Å². The number of fused-ring (bicyclic) bond motifs is 2. The summed E-state index contributed by atoms with van der Waals surface area (Å²) >= 11 is 0. The van der Waals surface area contributed by atoms with E-state index in [4.69, 9.17) is 9.47 Å². The fraction of sp³-hybridized carbons (Fsp3) is 0.667. The van der Waals surface area contributed by atoms with E-state index in [9.17, 15) is 24.8 Å². The summed E-state index contributed by atoms with van der Waals surface area (Å²) in [5.41, 5.74) is -0.613. The molecule has 2 bridgehead atoms. The highest BCUT2D eigenvalue weighted by Crippen LogP contribution is 2.49. The van der Waals surface area contributed by atoms with Crippen molar-refractivity contribution >= 4 is 17.8 Å². The first kappa shape index (κ1) is 28.7. The zero-order chi connectivity index (χ0) is 28.5. The first-order valence-corrected chi connectivity index (χ1v) is 14.1. The number of carbonyl (C=O) groups excluding carboxylic acids is 2. The van der Waals surface area contributed by atoms with Gasteiger partial charge in [-0.1, -0.05) is 6.92 Å². The van der Waals surface area contributed by atoms with Crippen LogP contribution in [0.4, 0.5) is 0 Å². The molecule has 2 amide bonds. The Labute approximate surface area is 230 Å². The van der Waals surface area contributed by atoms with Crippen LogP contribution < -0.4 is 20.1 Å². The van der Waals surface area contributed by atoms with Crippen LogP contribution in [-0.2, 0) is 9.59 Å². The molecule has 3 N–H and O–H groups in total. The van der Waals surface area contributed by atoms with Crippen molar-refractivity contribution in [1.82, 2.24) is 10.6 Å². The molecule has 3 saturated carbocycles. The van der Waals surface area contributed by atoms with Gasteiger partial charge in [0.25, 0.3) is 5.91 Å². The Kier molecular flexibility index (Phi) is 8.15. The third kappa shape index (κ3) is 5.85. The summed E-state index contributed by atoms with van der Waals surface area (Å²) in [6, 6.07) is 4.89. The van der Waals surface area contributed by atoms with Crippen molar-refractivity contribution in [2.45, 2.75) is 96.7 Å². The minimum atomic E-state index is -0.812. The Morgan fingerprint density at radius 3 is 2.38 bits per heavy atom. The molecule has 9 nitrogen and oxygen atoms in total. The number of ether oxygens (including phenoxy) is 2. The third-order valence-corrected chi connectivity index (χ3v) is 9.38. The molecule has 0 aliphatic heterocycles. The van der Waals surface area contributed by atoms with E-state index in [0.29, 0.717) is 25.7 Å². The van der Waals surface area contributed by atoms with Crippen LogP contribution in [0.1, 0.15) is 95.0 Å². The first-order chi connectivity index (χ1) is 18.4. The minimum Gasteiger partial charge on any atom is -0.496 e. The zero-order valence-electron chi connectivity index (χ0n) is 23.6. The number of benzene rings is 1. The van der Waals surface area contributed by atoms with Gasteiger partial charge < -0.3 is 25.2 Å². The molecule has 0 radical (unpaired) electrons. The summed E-state index contributed by atoms with van der Waals surface area (Å²) in [4.78, 5) is 38.6. The number of amides is 2. The summed E-state index contributed by atoms with van der Waals surface area (Å²) in [5, 5.41) is 25.6. The summed E-state index contributed by atoms with van der Waals surface area (Å²) in [5.74, 6) is -0.455. The minimum absolute atomic E-state index is 0.0131. The highest BCUT2D eigenvalue weighted by Gasteiger charge is 2.52. The van der Waals surface area contributed by atoms with E-state index in [0.717, 1.165) is 25.7 Å². The lowest BCUT2D eigenvalue weighted by atomic mass is 9.75. The molecule has 0 heterocycles. The molecule has 1 aromatic rings. The maximum Gasteiger partial charge on any atom is 0.309 e. The normalized spacial score (nSPS) is 29.8. The molecule has 3 aliphatic rings. The predicted molar refractivity (Wildman–Crippen MR) is 144 cm³/mol. The van der Waals surface area contributed by atoms with Gasteiger partial charge in [0.05, 0.1) is 35.7 Å². The number of rotatable bonds is 9. The average Bonchev–Trinajstić information content (AvgIpc) is 3.51. The Morgan fingerprint density at radius 2 is 1.79 bits per heavy atom. The van der Waals surface area contributed by atoms with Crippen LogP contribution >= 0.6 is 0 Å². The van der Waals surface area contributed by atoms with Crippen molar-refractivity contribution in [3.05, 3.63) is 23.3 Å². The van der Waals surface area contributed by atoms with E-state index in [1.54, 1.807) is 13.0 Å². The Morgan fingerprint density at radius 1 is 1.13 bits per heavy atom. The number of aliphatic carboxylic acids is 1. The Balaban J connectivity index is 1.54. The SMILES string of the molecule is CCC(C)(C)NC(=O)C1C2CCC(C2)C1NC(=O)c1cc(OC2CCC(C)(C(=O)O)CC2)c(C#N)cc1OC. The zero-order valence-corrected chi connectivity index (χ0v) is 23.6. The molecule has 4 atom stereocenters. The molecule has 4 unspecified atom stereocenters. The molecule has 0 aromatic heterocycles. The topological polar surface area (TPSA) is 138 Å². The fourth-order valence-corrected chi connectivity index (χ4v) is 6.44. The molecule has 212 valence electrons. The van der Waals surface area contributed by atoms with E-state index >= 15 is 0 Å². The third-order valence-electron chi connectivity index (χ3n) is 9.38. The quantitative estimate of drug-likeness (QED) is 0.422. The van der Waals surface area contributed by atoms with Crippen LogP contribution in [-0.4, -0.2) is 47.7 Å². The highest BCUT2D eigenvalue weighted by atomic mass is 16.5. The van der Waals surface area contributed by atoms with Crippen molar-refractivity contribution in [2.24, 2.45) is 23.2 Å². The maximum atomic E-state index is 13.6. The van der Waals surface area contributed by atoms with Crippen LogP contribution in [0.5, 0.6) is 11.5 Å². The molecule has 1 aromatic carbocycles. The largest absolute Gasteiger partial charge is 0.496 e.